The normalized spacial score (nSPS) is 13.9. The lowest BCUT2D eigenvalue weighted by Crippen LogP contribution is -2.04. The smallest absolute Gasteiger partial charge is 0.0541 e. The van der Waals surface area contributed by atoms with Crippen LogP contribution in [0.2, 0.25) is 0 Å². The van der Waals surface area contributed by atoms with Gasteiger partial charge in [0.05, 0.1) is 11.0 Å². The number of rotatable bonds is 5. The molecule has 0 fully saturated rings. The first-order chi connectivity index (χ1) is 27.3. The Balaban J connectivity index is 1.01. The van der Waals surface area contributed by atoms with Crippen LogP contribution < -0.4 is 0 Å². The van der Waals surface area contributed by atoms with Gasteiger partial charge in [-0.1, -0.05) is 152 Å². The Morgan fingerprint density at radius 3 is 1.95 bits per heavy atom. The zero-order valence-electron chi connectivity index (χ0n) is 30.6. The first kappa shape index (κ1) is 31.8. The van der Waals surface area contributed by atoms with Crippen LogP contribution in [0.25, 0.3) is 82.4 Å². The monoisotopic (exact) mass is 701 g/mol. The van der Waals surface area contributed by atoms with Crippen LogP contribution in [0.1, 0.15) is 29.0 Å². The number of benzene rings is 9. The maximum atomic E-state index is 2.47. The van der Waals surface area contributed by atoms with E-state index in [4.69, 9.17) is 0 Å². The predicted octanol–water partition coefficient (Wildman–Crippen LogP) is 14.4. The molecule has 1 heterocycles. The van der Waals surface area contributed by atoms with Gasteiger partial charge in [0.25, 0.3) is 0 Å². The lowest BCUT2D eigenvalue weighted by atomic mass is 9.85. The molecule has 260 valence electrons. The summed E-state index contributed by atoms with van der Waals surface area (Å²) in [5.41, 5.74) is 15.7. The van der Waals surface area contributed by atoms with Crippen molar-refractivity contribution in [1.29, 1.82) is 0 Å². The van der Waals surface area contributed by atoms with E-state index < -0.39 is 0 Å². The van der Waals surface area contributed by atoms with Crippen LogP contribution in [0.5, 0.6) is 0 Å². The molecule has 1 unspecified atom stereocenters. The third-order valence-corrected chi connectivity index (χ3v) is 12.1. The van der Waals surface area contributed by atoms with Crippen molar-refractivity contribution in [1.82, 2.24) is 4.57 Å². The molecular weight excluding hydrogens is 663 g/mol. The Hall–Kier alpha value is -6.70. The lowest BCUT2D eigenvalue weighted by molar-refractivity contribution is 0.629. The summed E-state index contributed by atoms with van der Waals surface area (Å²) in [6.45, 7) is 0. The summed E-state index contributed by atoms with van der Waals surface area (Å²) in [5.74, 6) is 0.477. The summed E-state index contributed by atoms with van der Waals surface area (Å²) in [6.07, 6.45) is 3.32. The molecule has 0 amide bonds. The Labute approximate surface area is 321 Å². The highest BCUT2D eigenvalue weighted by atomic mass is 15.0. The highest BCUT2D eigenvalue weighted by Crippen LogP contribution is 2.43. The fourth-order valence-electron chi connectivity index (χ4n) is 9.44. The molecule has 0 aliphatic heterocycles. The van der Waals surface area contributed by atoms with Crippen molar-refractivity contribution in [3.8, 4) is 39.1 Å². The molecule has 0 saturated heterocycles. The molecule has 9 aromatic carbocycles. The molecule has 1 aliphatic rings. The summed E-state index contributed by atoms with van der Waals surface area (Å²) in [5, 5.41) is 7.69. The van der Waals surface area contributed by atoms with Gasteiger partial charge in [-0.3, -0.25) is 0 Å². The summed E-state index contributed by atoms with van der Waals surface area (Å²) in [4.78, 5) is 0. The van der Waals surface area contributed by atoms with Gasteiger partial charge in [0, 0.05) is 16.5 Å². The van der Waals surface area contributed by atoms with Crippen molar-refractivity contribution < 1.29 is 0 Å². The largest absolute Gasteiger partial charge is 0.309 e. The number of aromatic nitrogens is 1. The van der Waals surface area contributed by atoms with Crippen molar-refractivity contribution in [3.05, 3.63) is 211 Å². The molecule has 1 nitrogen and oxygen atoms in total. The minimum atomic E-state index is 0.477. The van der Waals surface area contributed by atoms with Gasteiger partial charge >= 0.3 is 0 Å². The first-order valence-electron chi connectivity index (χ1n) is 19.6. The maximum absolute atomic E-state index is 2.47. The van der Waals surface area contributed by atoms with E-state index >= 15 is 0 Å². The Bertz CT molecular complexity index is 3060. The van der Waals surface area contributed by atoms with Gasteiger partial charge in [0.1, 0.15) is 0 Å². The number of para-hydroxylation sites is 1. The van der Waals surface area contributed by atoms with Gasteiger partial charge < -0.3 is 4.57 Å². The number of nitrogens with zero attached hydrogens (tertiary/aromatic N) is 1. The fourth-order valence-corrected chi connectivity index (χ4v) is 9.44. The van der Waals surface area contributed by atoms with E-state index in [-0.39, 0.29) is 0 Å². The van der Waals surface area contributed by atoms with Crippen molar-refractivity contribution >= 4 is 43.4 Å². The molecule has 10 aromatic rings. The highest BCUT2D eigenvalue weighted by Gasteiger charge is 2.23. The Morgan fingerprint density at radius 2 is 1.07 bits per heavy atom. The second kappa shape index (κ2) is 13.0. The van der Waals surface area contributed by atoms with Crippen molar-refractivity contribution in [2.75, 3.05) is 0 Å². The van der Waals surface area contributed by atoms with Crippen molar-refractivity contribution in [2.24, 2.45) is 0 Å². The molecule has 1 heteroatoms. The molecule has 55 heavy (non-hydrogen) atoms. The van der Waals surface area contributed by atoms with Gasteiger partial charge in [-0.05, 0) is 139 Å². The van der Waals surface area contributed by atoms with Gasteiger partial charge in [-0.2, -0.15) is 0 Å². The van der Waals surface area contributed by atoms with Gasteiger partial charge in [0.15, 0.2) is 0 Å². The molecular formula is C54H39N. The summed E-state index contributed by atoms with van der Waals surface area (Å²) < 4.78 is 2.43. The average Bonchev–Trinajstić information content (AvgIpc) is 3.50. The standard InChI is InChI=1S/C54H39N/c1-2-12-36(13-3-1)32-42-23-22-37-14-4-6-16-44(37)51-33-39(26-30-46(42)51)40-27-31-54-52(34-40)49-20-10-11-21-53(49)55(54)43-28-24-38(25-29-43)50-35-41-15-5-7-17-45(41)47-18-8-9-19-48(47)50/h1-21,24-31,33-35,42H,22-23,32H2. The van der Waals surface area contributed by atoms with E-state index in [1.807, 2.05) is 0 Å². The van der Waals surface area contributed by atoms with E-state index in [2.05, 4.69) is 199 Å². The minimum absolute atomic E-state index is 0.477. The van der Waals surface area contributed by atoms with Crippen LogP contribution in [0.4, 0.5) is 0 Å². The average molecular weight is 702 g/mol. The molecule has 0 bridgehead atoms. The second-order valence-electron chi connectivity index (χ2n) is 15.2. The van der Waals surface area contributed by atoms with E-state index in [0.717, 1.165) is 19.3 Å². The third kappa shape index (κ3) is 5.38. The van der Waals surface area contributed by atoms with E-state index in [0.29, 0.717) is 5.92 Å². The van der Waals surface area contributed by atoms with Crippen LogP contribution in [0, 0.1) is 0 Å². The van der Waals surface area contributed by atoms with Gasteiger partial charge in [-0.25, -0.2) is 0 Å². The second-order valence-corrected chi connectivity index (χ2v) is 15.2. The molecule has 11 rings (SSSR count). The SMILES string of the molecule is c1ccc(CC2CCc3ccccc3-c3cc(-c4ccc5c(c4)c4ccccc4n5-c4ccc(-c5cc6ccccc6c6ccccc56)cc4)ccc32)cc1. The zero-order valence-corrected chi connectivity index (χ0v) is 30.6. The lowest BCUT2D eigenvalue weighted by Gasteiger charge is -2.19. The first-order valence-corrected chi connectivity index (χ1v) is 19.6. The molecule has 1 atom stereocenters. The van der Waals surface area contributed by atoms with E-state index in [1.54, 1.807) is 0 Å². The highest BCUT2D eigenvalue weighted by molar-refractivity contribution is 6.14. The van der Waals surface area contributed by atoms with Gasteiger partial charge in [-0.15, -0.1) is 0 Å². The third-order valence-electron chi connectivity index (χ3n) is 12.1. The number of aryl methyl sites for hydroxylation is 1. The summed E-state index contributed by atoms with van der Waals surface area (Å²) in [7, 11) is 0. The summed E-state index contributed by atoms with van der Waals surface area (Å²) in [6, 6.07) is 72.2. The van der Waals surface area contributed by atoms with E-state index in [9.17, 15) is 0 Å². The zero-order chi connectivity index (χ0) is 36.3. The number of hydrogen-bond donors (Lipinski definition) is 0. The fraction of sp³-hybridized carbons (Fsp3) is 0.0741. The van der Waals surface area contributed by atoms with E-state index in [1.165, 1.54) is 99.1 Å². The van der Waals surface area contributed by atoms with Crippen molar-refractivity contribution in [2.45, 2.75) is 25.2 Å². The molecule has 0 radical (unpaired) electrons. The van der Waals surface area contributed by atoms with Gasteiger partial charge in [0.2, 0.25) is 0 Å². The molecule has 0 saturated carbocycles. The summed E-state index contributed by atoms with van der Waals surface area (Å²) >= 11 is 0. The minimum Gasteiger partial charge on any atom is -0.309 e. The predicted molar refractivity (Wildman–Crippen MR) is 233 cm³/mol. The number of fused-ring (bicyclic) bond motifs is 9. The van der Waals surface area contributed by atoms with Crippen LogP contribution in [0.3, 0.4) is 0 Å². The molecule has 1 aromatic heterocycles. The number of hydrogen-bond acceptors (Lipinski definition) is 0. The van der Waals surface area contributed by atoms with Crippen LogP contribution in [0.15, 0.2) is 194 Å². The topological polar surface area (TPSA) is 4.93 Å². The van der Waals surface area contributed by atoms with Crippen LogP contribution in [-0.2, 0) is 12.8 Å². The van der Waals surface area contributed by atoms with Crippen LogP contribution >= 0.6 is 0 Å². The molecule has 0 spiro atoms. The van der Waals surface area contributed by atoms with Crippen LogP contribution in [-0.4, -0.2) is 4.57 Å². The molecule has 1 aliphatic carbocycles. The maximum Gasteiger partial charge on any atom is 0.0541 e. The molecule has 0 N–H and O–H groups in total. The Kier molecular flexibility index (Phi) is 7.52. The quantitative estimate of drug-likeness (QED) is 0.157. The Morgan fingerprint density at radius 1 is 0.418 bits per heavy atom. The van der Waals surface area contributed by atoms with Crippen molar-refractivity contribution in [3.63, 3.8) is 0 Å².